The van der Waals surface area contributed by atoms with E-state index in [1.54, 1.807) is 6.07 Å². The van der Waals surface area contributed by atoms with Crippen LogP contribution in [-0.4, -0.2) is 29.9 Å². The van der Waals surface area contributed by atoms with Crippen LogP contribution in [0, 0.1) is 5.92 Å². The summed E-state index contributed by atoms with van der Waals surface area (Å²) in [5, 5.41) is 2.89. The molecule has 19 heavy (non-hydrogen) atoms. The standard InChI is InChI=1S/C15H21N3O/c16-13-3-1-2-4-14(13)17-15(19)7-8-18-10-11-5-6-12(18)9-11/h1-4,11-12H,5-10,16H2,(H,17,19). The minimum atomic E-state index is 0.0562. The highest BCUT2D eigenvalue weighted by Gasteiger charge is 2.37. The molecule has 0 spiro atoms. The van der Waals surface area contributed by atoms with Gasteiger partial charge in [0.2, 0.25) is 5.91 Å². The van der Waals surface area contributed by atoms with Crippen molar-refractivity contribution in [2.45, 2.75) is 31.7 Å². The number of rotatable bonds is 4. The van der Waals surface area contributed by atoms with Crippen molar-refractivity contribution in [3.8, 4) is 0 Å². The van der Waals surface area contributed by atoms with Gasteiger partial charge in [-0.2, -0.15) is 0 Å². The molecule has 102 valence electrons. The van der Waals surface area contributed by atoms with Crippen molar-refractivity contribution < 1.29 is 4.79 Å². The number of likely N-dealkylation sites (tertiary alicyclic amines) is 1. The lowest BCUT2D eigenvalue weighted by Gasteiger charge is -2.26. The number of carbonyl (C=O) groups excluding carboxylic acids is 1. The number of hydrogen-bond acceptors (Lipinski definition) is 3. The van der Waals surface area contributed by atoms with Crippen LogP contribution in [0.3, 0.4) is 0 Å². The van der Waals surface area contributed by atoms with Crippen LogP contribution in [-0.2, 0) is 4.79 Å². The molecular formula is C15H21N3O. The lowest BCUT2D eigenvalue weighted by Crippen LogP contribution is -2.34. The number of para-hydroxylation sites is 2. The van der Waals surface area contributed by atoms with Crippen LogP contribution in [0.4, 0.5) is 11.4 Å². The molecule has 2 fully saturated rings. The van der Waals surface area contributed by atoms with E-state index in [1.165, 1.54) is 25.8 Å². The van der Waals surface area contributed by atoms with Gasteiger partial charge in [0.15, 0.2) is 0 Å². The van der Waals surface area contributed by atoms with Gasteiger partial charge in [0.1, 0.15) is 0 Å². The average molecular weight is 259 g/mol. The Balaban J connectivity index is 1.48. The van der Waals surface area contributed by atoms with Crippen molar-refractivity contribution in [3.63, 3.8) is 0 Å². The SMILES string of the molecule is Nc1ccccc1NC(=O)CCN1CC2CCC1C2. The number of fused-ring (bicyclic) bond motifs is 2. The fraction of sp³-hybridized carbons (Fsp3) is 0.533. The molecule has 1 heterocycles. The zero-order valence-electron chi connectivity index (χ0n) is 11.1. The van der Waals surface area contributed by atoms with E-state index in [2.05, 4.69) is 10.2 Å². The smallest absolute Gasteiger partial charge is 0.225 e. The second kappa shape index (κ2) is 5.21. The summed E-state index contributed by atoms with van der Waals surface area (Å²) in [5.74, 6) is 0.943. The lowest BCUT2D eigenvalue weighted by molar-refractivity contribution is -0.116. The van der Waals surface area contributed by atoms with Crippen LogP contribution in [0.25, 0.3) is 0 Å². The Hall–Kier alpha value is -1.55. The summed E-state index contributed by atoms with van der Waals surface area (Å²) in [6, 6.07) is 8.12. The van der Waals surface area contributed by atoms with Crippen molar-refractivity contribution in [2.75, 3.05) is 24.1 Å². The van der Waals surface area contributed by atoms with Crippen LogP contribution < -0.4 is 11.1 Å². The van der Waals surface area contributed by atoms with E-state index in [9.17, 15) is 4.79 Å². The van der Waals surface area contributed by atoms with Crippen molar-refractivity contribution in [3.05, 3.63) is 24.3 Å². The van der Waals surface area contributed by atoms with Gasteiger partial charge in [0, 0.05) is 25.6 Å². The van der Waals surface area contributed by atoms with Crippen LogP contribution in [0.15, 0.2) is 24.3 Å². The number of nitrogen functional groups attached to an aromatic ring is 1. The van der Waals surface area contributed by atoms with E-state index < -0.39 is 0 Å². The minimum Gasteiger partial charge on any atom is -0.397 e. The fourth-order valence-electron chi connectivity index (χ4n) is 3.37. The van der Waals surface area contributed by atoms with Crippen molar-refractivity contribution in [1.82, 2.24) is 4.90 Å². The minimum absolute atomic E-state index is 0.0562. The number of anilines is 2. The van der Waals surface area contributed by atoms with Gasteiger partial charge in [-0.25, -0.2) is 0 Å². The molecule has 0 radical (unpaired) electrons. The monoisotopic (exact) mass is 259 g/mol. The number of piperidine rings is 1. The summed E-state index contributed by atoms with van der Waals surface area (Å²) in [6.07, 6.45) is 4.59. The first kappa shape index (κ1) is 12.5. The molecule has 3 rings (SSSR count). The van der Waals surface area contributed by atoms with Crippen LogP contribution in [0.2, 0.25) is 0 Å². The van der Waals surface area contributed by atoms with E-state index >= 15 is 0 Å². The molecule has 1 saturated heterocycles. The molecule has 2 atom stereocenters. The van der Waals surface area contributed by atoms with Crippen LogP contribution in [0.5, 0.6) is 0 Å². The molecule has 0 aromatic heterocycles. The van der Waals surface area contributed by atoms with Gasteiger partial charge in [0.25, 0.3) is 0 Å². The van der Waals surface area contributed by atoms with Gasteiger partial charge in [-0.1, -0.05) is 12.1 Å². The molecule has 2 unspecified atom stereocenters. The molecule has 1 amide bonds. The first-order valence-corrected chi connectivity index (χ1v) is 7.11. The summed E-state index contributed by atoms with van der Waals surface area (Å²) in [4.78, 5) is 14.4. The number of nitrogens with zero attached hydrogens (tertiary/aromatic N) is 1. The molecule has 4 nitrogen and oxygen atoms in total. The summed E-state index contributed by atoms with van der Waals surface area (Å²) in [7, 11) is 0. The third-order valence-electron chi connectivity index (χ3n) is 4.38. The number of nitrogens with two attached hydrogens (primary N) is 1. The van der Waals surface area contributed by atoms with E-state index in [0.29, 0.717) is 12.1 Å². The molecule has 1 saturated carbocycles. The van der Waals surface area contributed by atoms with Crippen LogP contribution in [0.1, 0.15) is 25.7 Å². The molecule has 1 aliphatic heterocycles. The van der Waals surface area contributed by atoms with Crippen LogP contribution >= 0.6 is 0 Å². The highest BCUT2D eigenvalue weighted by molar-refractivity contribution is 5.93. The Morgan fingerprint density at radius 3 is 2.89 bits per heavy atom. The molecule has 1 aliphatic carbocycles. The van der Waals surface area contributed by atoms with E-state index in [0.717, 1.165) is 24.2 Å². The molecule has 1 aromatic rings. The van der Waals surface area contributed by atoms with Gasteiger partial charge < -0.3 is 11.1 Å². The van der Waals surface area contributed by atoms with E-state index in [4.69, 9.17) is 5.73 Å². The Morgan fingerprint density at radius 1 is 1.37 bits per heavy atom. The Morgan fingerprint density at radius 2 is 2.21 bits per heavy atom. The highest BCUT2D eigenvalue weighted by Crippen LogP contribution is 2.37. The quantitative estimate of drug-likeness (QED) is 0.814. The first-order valence-electron chi connectivity index (χ1n) is 7.11. The van der Waals surface area contributed by atoms with Gasteiger partial charge in [-0.3, -0.25) is 9.69 Å². The maximum absolute atomic E-state index is 11.9. The van der Waals surface area contributed by atoms with Crippen molar-refractivity contribution in [1.29, 1.82) is 0 Å². The molecular weight excluding hydrogens is 238 g/mol. The maximum Gasteiger partial charge on any atom is 0.225 e. The summed E-state index contributed by atoms with van der Waals surface area (Å²) in [5.41, 5.74) is 7.15. The third-order valence-corrected chi connectivity index (χ3v) is 4.38. The number of hydrogen-bond donors (Lipinski definition) is 2. The number of benzene rings is 1. The molecule has 3 N–H and O–H groups in total. The summed E-state index contributed by atoms with van der Waals surface area (Å²) in [6.45, 7) is 2.06. The summed E-state index contributed by atoms with van der Waals surface area (Å²) < 4.78 is 0. The first-order chi connectivity index (χ1) is 9.22. The van der Waals surface area contributed by atoms with Gasteiger partial charge >= 0.3 is 0 Å². The predicted molar refractivity (Wildman–Crippen MR) is 76.8 cm³/mol. The molecule has 2 aliphatic rings. The number of nitrogens with one attached hydrogen (secondary N) is 1. The Kier molecular flexibility index (Phi) is 3.42. The van der Waals surface area contributed by atoms with E-state index in [-0.39, 0.29) is 5.91 Å². The van der Waals surface area contributed by atoms with Crippen molar-refractivity contribution in [2.24, 2.45) is 5.92 Å². The number of amides is 1. The predicted octanol–water partition coefficient (Wildman–Crippen LogP) is 2.08. The summed E-state index contributed by atoms with van der Waals surface area (Å²) >= 11 is 0. The Labute approximate surface area is 114 Å². The van der Waals surface area contributed by atoms with E-state index in [1.807, 2.05) is 18.2 Å². The largest absolute Gasteiger partial charge is 0.397 e. The fourth-order valence-corrected chi connectivity index (χ4v) is 3.37. The molecule has 4 heteroatoms. The molecule has 2 bridgehead atoms. The third kappa shape index (κ3) is 2.73. The van der Waals surface area contributed by atoms with Gasteiger partial charge in [-0.05, 0) is 37.3 Å². The Bertz CT molecular complexity index is 474. The highest BCUT2D eigenvalue weighted by atomic mass is 16.1. The van der Waals surface area contributed by atoms with Crippen molar-refractivity contribution >= 4 is 17.3 Å². The molecule has 1 aromatic carbocycles. The van der Waals surface area contributed by atoms with Gasteiger partial charge in [0.05, 0.1) is 11.4 Å². The normalized spacial score (nSPS) is 25.7. The average Bonchev–Trinajstić information content (AvgIpc) is 3.01. The number of carbonyl (C=O) groups is 1. The zero-order chi connectivity index (χ0) is 13.2. The van der Waals surface area contributed by atoms with Gasteiger partial charge in [-0.15, -0.1) is 0 Å². The second-order valence-corrected chi connectivity index (χ2v) is 5.71. The second-order valence-electron chi connectivity index (χ2n) is 5.71. The zero-order valence-corrected chi connectivity index (χ0v) is 11.1. The topological polar surface area (TPSA) is 58.4 Å². The lowest BCUT2D eigenvalue weighted by atomic mass is 10.1. The maximum atomic E-state index is 11.9.